The minimum atomic E-state index is -0.245. The van der Waals surface area contributed by atoms with Crippen LogP contribution in [0.2, 0.25) is 0 Å². The molecular formula is C19H16N2O3. The number of rotatable bonds is 5. The Hall–Kier alpha value is -3.34. The molecule has 0 aliphatic rings. The summed E-state index contributed by atoms with van der Waals surface area (Å²) in [7, 11) is 0. The van der Waals surface area contributed by atoms with E-state index in [-0.39, 0.29) is 5.91 Å². The predicted molar refractivity (Wildman–Crippen MR) is 91.9 cm³/mol. The second kappa shape index (κ2) is 7.28. The largest absolute Gasteiger partial charge is 0.462 e. The highest BCUT2D eigenvalue weighted by Crippen LogP contribution is 2.23. The van der Waals surface area contributed by atoms with Gasteiger partial charge in [-0.15, -0.1) is 0 Å². The Morgan fingerprint density at radius 1 is 1.12 bits per heavy atom. The molecule has 0 spiro atoms. The topological polar surface area (TPSA) is 64.4 Å². The van der Waals surface area contributed by atoms with Crippen molar-refractivity contribution in [3.8, 4) is 11.5 Å². The fourth-order valence-electron chi connectivity index (χ4n) is 2.06. The van der Waals surface area contributed by atoms with Gasteiger partial charge in [-0.1, -0.05) is 6.07 Å². The normalized spacial score (nSPS) is 10.7. The quantitative estimate of drug-likeness (QED) is 0.706. The van der Waals surface area contributed by atoms with Crippen LogP contribution < -0.4 is 10.1 Å². The van der Waals surface area contributed by atoms with Crippen LogP contribution in [0.15, 0.2) is 71.4 Å². The molecule has 0 aliphatic carbocycles. The van der Waals surface area contributed by atoms with Crippen molar-refractivity contribution in [1.82, 2.24) is 4.98 Å². The Bertz CT molecular complexity index is 854. The van der Waals surface area contributed by atoms with E-state index >= 15 is 0 Å². The molecule has 3 rings (SSSR count). The second-order valence-electron chi connectivity index (χ2n) is 5.08. The number of amides is 1. The number of furan rings is 1. The van der Waals surface area contributed by atoms with E-state index in [9.17, 15) is 4.79 Å². The molecule has 1 aromatic carbocycles. The van der Waals surface area contributed by atoms with Crippen molar-refractivity contribution >= 4 is 17.7 Å². The lowest BCUT2D eigenvalue weighted by Crippen LogP contribution is -2.07. The fourth-order valence-corrected chi connectivity index (χ4v) is 2.06. The Morgan fingerprint density at radius 3 is 2.71 bits per heavy atom. The van der Waals surface area contributed by atoms with Crippen molar-refractivity contribution in [3.63, 3.8) is 0 Å². The first-order valence-electron chi connectivity index (χ1n) is 7.42. The number of hydrogen-bond donors (Lipinski definition) is 1. The van der Waals surface area contributed by atoms with Gasteiger partial charge in [0.2, 0.25) is 5.91 Å². The first-order valence-corrected chi connectivity index (χ1v) is 7.42. The molecule has 0 bridgehead atoms. The number of aromatic nitrogens is 1. The van der Waals surface area contributed by atoms with E-state index < -0.39 is 0 Å². The number of hydrogen-bond acceptors (Lipinski definition) is 4. The van der Waals surface area contributed by atoms with Crippen LogP contribution in [-0.2, 0) is 4.79 Å². The minimum Gasteiger partial charge on any atom is -0.462 e. The van der Waals surface area contributed by atoms with E-state index in [1.54, 1.807) is 42.7 Å². The zero-order chi connectivity index (χ0) is 16.8. The maximum Gasteiger partial charge on any atom is 0.248 e. The van der Waals surface area contributed by atoms with Gasteiger partial charge in [-0.25, -0.2) is 0 Å². The summed E-state index contributed by atoms with van der Waals surface area (Å²) in [6.45, 7) is 1.85. The highest BCUT2D eigenvalue weighted by molar-refractivity contribution is 6.01. The van der Waals surface area contributed by atoms with E-state index in [1.807, 2.05) is 31.2 Å². The summed E-state index contributed by atoms with van der Waals surface area (Å²) in [4.78, 5) is 15.9. The molecule has 0 saturated heterocycles. The zero-order valence-corrected chi connectivity index (χ0v) is 13.1. The van der Waals surface area contributed by atoms with E-state index in [4.69, 9.17) is 9.15 Å². The molecule has 0 unspecified atom stereocenters. The third-order valence-corrected chi connectivity index (χ3v) is 3.15. The van der Waals surface area contributed by atoms with Crippen molar-refractivity contribution < 1.29 is 13.9 Å². The molecule has 0 saturated carbocycles. The van der Waals surface area contributed by atoms with Crippen LogP contribution in [0.1, 0.15) is 11.5 Å². The van der Waals surface area contributed by atoms with Gasteiger partial charge in [0.15, 0.2) is 0 Å². The van der Waals surface area contributed by atoms with Crippen LogP contribution in [-0.4, -0.2) is 10.9 Å². The fraction of sp³-hybridized carbons (Fsp3) is 0.0526. The SMILES string of the molecule is Cc1ccc(/C=C/C(=O)Nc2cccc(Oc3ccncc3)c2)o1. The summed E-state index contributed by atoms with van der Waals surface area (Å²) >= 11 is 0. The Morgan fingerprint density at radius 2 is 1.96 bits per heavy atom. The molecule has 5 nitrogen and oxygen atoms in total. The maximum atomic E-state index is 12.0. The number of ether oxygens (including phenoxy) is 1. The van der Waals surface area contributed by atoms with Crippen LogP contribution in [0.5, 0.6) is 11.5 Å². The molecule has 0 fully saturated rings. The Kier molecular flexibility index (Phi) is 4.72. The van der Waals surface area contributed by atoms with Gasteiger partial charge in [0.1, 0.15) is 23.0 Å². The first-order chi connectivity index (χ1) is 11.7. The lowest BCUT2D eigenvalue weighted by Gasteiger charge is -2.07. The standard InChI is InChI=1S/C19H16N2O3/c1-14-5-6-16(23-14)7-8-19(22)21-15-3-2-4-18(13-15)24-17-9-11-20-12-10-17/h2-13H,1H3,(H,21,22)/b8-7+. The van der Waals surface area contributed by atoms with Crippen LogP contribution in [0.4, 0.5) is 5.69 Å². The number of pyridine rings is 1. The van der Waals surface area contributed by atoms with Gasteiger partial charge < -0.3 is 14.5 Å². The maximum absolute atomic E-state index is 12.0. The monoisotopic (exact) mass is 320 g/mol. The molecule has 0 radical (unpaired) electrons. The highest BCUT2D eigenvalue weighted by Gasteiger charge is 2.02. The molecule has 3 aromatic rings. The number of aryl methyl sites for hydroxylation is 1. The number of nitrogens with one attached hydrogen (secondary N) is 1. The van der Waals surface area contributed by atoms with Crippen molar-refractivity contribution in [3.05, 3.63) is 78.5 Å². The van der Waals surface area contributed by atoms with E-state index in [0.29, 0.717) is 22.9 Å². The third kappa shape index (κ3) is 4.33. The third-order valence-electron chi connectivity index (χ3n) is 3.15. The highest BCUT2D eigenvalue weighted by atomic mass is 16.5. The Labute approximate surface area is 139 Å². The summed E-state index contributed by atoms with van der Waals surface area (Å²) < 4.78 is 11.1. The first kappa shape index (κ1) is 15.6. The second-order valence-corrected chi connectivity index (χ2v) is 5.08. The van der Waals surface area contributed by atoms with Gasteiger partial charge in [-0.3, -0.25) is 9.78 Å². The summed E-state index contributed by atoms with van der Waals surface area (Å²) in [6, 6.07) is 14.4. The molecule has 24 heavy (non-hydrogen) atoms. The lowest BCUT2D eigenvalue weighted by atomic mass is 10.3. The predicted octanol–water partition coefficient (Wildman–Crippen LogP) is 4.43. The van der Waals surface area contributed by atoms with Gasteiger partial charge in [-0.2, -0.15) is 0 Å². The summed E-state index contributed by atoms with van der Waals surface area (Å²) in [5.41, 5.74) is 0.645. The molecule has 120 valence electrons. The summed E-state index contributed by atoms with van der Waals surface area (Å²) in [6.07, 6.45) is 6.36. The van der Waals surface area contributed by atoms with Gasteiger partial charge in [0.05, 0.1) is 0 Å². The smallest absolute Gasteiger partial charge is 0.248 e. The molecule has 2 aromatic heterocycles. The Balaban J connectivity index is 1.63. The van der Waals surface area contributed by atoms with Crippen molar-refractivity contribution in [2.24, 2.45) is 0 Å². The summed E-state index contributed by atoms with van der Waals surface area (Å²) in [5, 5.41) is 2.79. The van der Waals surface area contributed by atoms with Gasteiger partial charge >= 0.3 is 0 Å². The molecule has 0 aliphatic heterocycles. The van der Waals surface area contributed by atoms with Crippen LogP contribution in [0, 0.1) is 6.92 Å². The van der Waals surface area contributed by atoms with Crippen molar-refractivity contribution in [1.29, 1.82) is 0 Å². The van der Waals surface area contributed by atoms with E-state index in [1.165, 1.54) is 6.08 Å². The van der Waals surface area contributed by atoms with Crippen LogP contribution >= 0.6 is 0 Å². The molecular weight excluding hydrogens is 304 g/mol. The number of carbonyl (C=O) groups is 1. The molecule has 5 heteroatoms. The number of anilines is 1. The van der Waals surface area contributed by atoms with Gasteiger partial charge in [0, 0.05) is 30.2 Å². The number of benzene rings is 1. The lowest BCUT2D eigenvalue weighted by molar-refractivity contribution is -0.111. The van der Waals surface area contributed by atoms with Crippen LogP contribution in [0.25, 0.3) is 6.08 Å². The number of nitrogens with zero attached hydrogens (tertiary/aromatic N) is 1. The van der Waals surface area contributed by atoms with Crippen molar-refractivity contribution in [2.75, 3.05) is 5.32 Å². The van der Waals surface area contributed by atoms with Gasteiger partial charge in [0.25, 0.3) is 0 Å². The molecule has 0 atom stereocenters. The average Bonchev–Trinajstić information content (AvgIpc) is 3.00. The van der Waals surface area contributed by atoms with Crippen molar-refractivity contribution in [2.45, 2.75) is 6.92 Å². The molecule has 1 N–H and O–H groups in total. The molecule has 1 amide bonds. The van der Waals surface area contributed by atoms with Crippen LogP contribution in [0.3, 0.4) is 0 Å². The van der Waals surface area contributed by atoms with E-state index in [2.05, 4.69) is 10.3 Å². The molecule has 2 heterocycles. The number of carbonyl (C=O) groups excluding carboxylic acids is 1. The average molecular weight is 320 g/mol. The minimum absolute atomic E-state index is 0.245. The zero-order valence-electron chi connectivity index (χ0n) is 13.1. The summed E-state index contributed by atoms with van der Waals surface area (Å²) in [5.74, 6) is 2.50. The van der Waals surface area contributed by atoms with E-state index in [0.717, 1.165) is 5.76 Å². The van der Waals surface area contributed by atoms with Gasteiger partial charge in [-0.05, 0) is 49.4 Å².